The fourth-order valence-electron chi connectivity index (χ4n) is 2.97. The van der Waals surface area contributed by atoms with Crippen molar-refractivity contribution >= 4 is 10.0 Å². The summed E-state index contributed by atoms with van der Waals surface area (Å²) in [4.78, 5) is 4.00. The minimum atomic E-state index is -3.93. The molecule has 2 heterocycles. The molecule has 140 valence electrons. The fourth-order valence-corrected chi connectivity index (χ4v) is 4.65. The highest BCUT2D eigenvalue weighted by Crippen LogP contribution is 2.32. The molecular formula is C20H20FN3O2S. The van der Waals surface area contributed by atoms with Crippen LogP contribution in [0.15, 0.2) is 73.7 Å². The molecular weight excluding hydrogens is 365 g/mol. The van der Waals surface area contributed by atoms with Gasteiger partial charge in [-0.05, 0) is 42.4 Å². The summed E-state index contributed by atoms with van der Waals surface area (Å²) in [5.41, 5.74) is 1.72. The first-order valence-electron chi connectivity index (χ1n) is 8.36. The van der Waals surface area contributed by atoms with Crippen molar-refractivity contribution in [3.05, 3.63) is 90.7 Å². The Morgan fingerprint density at radius 3 is 2.70 bits per heavy atom. The number of hydrogen-bond donors (Lipinski definition) is 1. The summed E-state index contributed by atoms with van der Waals surface area (Å²) in [6, 6.07) is 11.1. The van der Waals surface area contributed by atoms with Gasteiger partial charge in [-0.2, -0.15) is 0 Å². The van der Waals surface area contributed by atoms with Gasteiger partial charge in [0.15, 0.2) is 0 Å². The van der Waals surface area contributed by atoms with E-state index < -0.39 is 21.1 Å². The summed E-state index contributed by atoms with van der Waals surface area (Å²) in [5.74, 6) is -0.486. The third kappa shape index (κ3) is 3.70. The van der Waals surface area contributed by atoms with E-state index >= 15 is 0 Å². The first-order chi connectivity index (χ1) is 13.0. The molecule has 7 heteroatoms. The van der Waals surface area contributed by atoms with Crippen molar-refractivity contribution < 1.29 is 12.8 Å². The minimum absolute atomic E-state index is 0.220. The number of rotatable bonds is 7. The van der Waals surface area contributed by atoms with Crippen LogP contribution >= 0.6 is 0 Å². The second-order valence-corrected chi connectivity index (χ2v) is 7.96. The van der Waals surface area contributed by atoms with Crippen molar-refractivity contribution in [2.75, 3.05) is 7.05 Å². The predicted octanol–water partition coefficient (Wildman–Crippen LogP) is 3.51. The highest BCUT2D eigenvalue weighted by molar-refractivity contribution is 7.90. The van der Waals surface area contributed by atoms with Gasteiger partial charge in [-0.1, -0.05) is 24.3 Å². The van der Waals surface area contributed by atoms with Crippen LogP contribution in [0.4, 0.5) is 4.39 Å². The number of hydrogen-bond acceptors (Lipinski definition) is 4. The Labute approximate surface area is 158 Å². The van der Waals surface area contributed by atoms with E-state index in [4.69, 9.17) is 0 Å². The average molecular weight is 385 g/mol. The number of nitrogens with one attached hydrogen (secondary N) is 1. The maximum Gasteiger partial charge on any atom is 0.249 e. The lowest BCUT2D eigenvalue weighted by molar-refractivity contribution is 0.581. The van der Waals surface area contributed by atoms with Gasteiger partial charge < -0.3 is 5.32 Å². The summed E-state index contributed by atoms with van der Waals surface area (Å²) >= 11 is 0. The SMILES string of the molecule is C=CC(c1cccnc1)S(=O)(=O)n1cc(CNC)cc1-c1ccccc1F. The number of halogens is 1. The molecule has 0 aliphatic carbocycles. The molecule has 0 saturated carbocycles. The van der Waals surface area contributed by atoms with Crippen LogP contribution in [0.3, 0.4) is 0 Å². The average Bonchev–Trinajstić information content (AvgIpc) is 3.08. The molecule has 0 aliphatic heterocycles. The van der Waals surface area contributed by atoms with Gasteiger partial charge in [0.25, 0.3) is 0 Å². The normalized spacial score (nSPS) is 12.7. The highest BCUT2D eigenvalue weighted by Gasteiger charge is 2.29. The van der Waals surface area contributed by atoms with Gasteiger partial charge in [-0.15, -0.1) is 6.58 Å². The van der Waals surface area contributed by atoms with Gasteiger partial charge in [0.2, 0.25) is 10.0 Å². The molecule has 0 saturated heterocycles. The van der Waals surface area contributed by atoms with Crippen molar-refractivity contribution in [2.24, 2.45) is 0 Å². The van der Waals surface area contributed by atoms with Gasteiger partial charge in [-0.25, -0.2) is 16.8 Å². The molecule has 0 aliphatic rings. The van der Waals surface area contributed by atoms with E-state index in [-0.39, 0.29) is 11.3 Å². The third-order valence-corrected chi connectivity index (χ3v) is 6.15. The lowest BCUT2D eigenvalue weighted by Gasteiger charge is -2.17. The Morgan fingerprint density at radius 2 is 2.07 bits per heavy atom. The zero-order chi connectivity index (χ0) is 19.4. The quantitative estimate of drug-likeness (QED) is 0.632. The Bertz CT molecular complexity index is 1050. The van der Waals surface area contributed by atoms with Crippen molar-refractivity contribution in [3.8, 4) is 11.3 Å². The highest BCUT2D eigenvalue weighted by atomic mass is 32.2. The number of nitrogens with zero attached hydrogens (tertiary/aromatic N) is 2. The van der Waals surface area contributed by atoms with Crippen molar-refractivity contribution in [2.45, 2.75) is 11.8 Å². The molecule has 27 heavy (non-hydrogen) atoms. The molecule has 0 spiro atoms. The van der Waals surface area contributed by atoms with Gasteiger partial charge in [0, 0.05) is 30.7 Å². The lowest BCUT2D eigenvalue weighted by Crippen LogP contribution is -2.20. The van der Waals surface area contributed by atoms with E-state index in [2.05, 4.69) is 16.9 Å². The maximum absolute atomic E-state index is 14.4. The van der Waals surface area contributed by atoms with Crippen LogP contribution in [-0.4, -0.2) is 24.4 Å². The van der Waals surface area contributed by atoms with Crippen molar-refractivity contribution in [3.63, 3.8) is 0 Å². The van der Waals surface area contributed by atoms with E-state index in [0.717, 1.165) is 9.54 Å². The van der Waals surface area contributed by atoms with Gasteiger partial charge in [0.1, 0.15) is 11.1 Å². The molecule has 0 amide bonds. The second-order valence-electron chi connectivity index (χ2n) is 6.03. The minimum Gasteiger partial charge on any atom is -0.316 e. The van der Waals surface area contributed by atoms with Crippen molar-refractivity contribution in [1.82, 2.24) is 14.3 Å². The fraction of sp³-hybridized carbons (Fsp3) is 0.150. The molecule has 5 nitrogen and oxygen atoms in total. The molecule has 0 radical (unpaired) electrons. The Morgan fingerprint density at radius 1 is 1.30 bits per heavy atom. The molecule has 0 fully saturated rings. The molecule has 1 atom stereocenters. The Hall–Kier alpha value is -2.77. The van der Waals surface area contributed by atoms with Crippen LogP contribution in [0.5, 0.6) is 0 Å². The number of aromatic nitrogens is 2. The summed E-state index contributed by atoms with van der Waals surface area (Å²) in [5, 5.41) is 1.98. The van der Waals surface area contributed by atoms with Crippen LogP contribution < -0.4 is 5.32 Å². The smallest absolute Gasteiger partial charge is 0.249 e. The zero-order valence-electron chi connectivity index (χ0n) is 14.8. The van der Waals surface area contributed by atoms with Gasteiger partial charge in [0.05, 0.1) is 5.69 Å². The van der Waals surface area contributed by atoms with E-state index in [1.807, 2.05) is 0 Å². The van der Waals surface area contributed by atoms with E-state index in [9.17, 15) is 12.8 Å². The van der Waals surface area contributed by atoms with Gasteiger partial charge in [-0.3, -0.25) is 4.98 Å². The first-order valence-corrected chi connectivity index (χ1v) is 9.87. The molecule has 3 rings (SSSR count). The summed E-state index contributed by atoms with van der Waals surface area (Å²) in [6.07, 6.45) is 5.93. The van der Waals surface area contributed by atoms with Crippen molar-refractivity contribution in [1.29, 1.82) is 0 Å². The molecule has 1 N–H and O–H groups in total. The molecule has 2 aromatic heterocycles. The predicted molar refractivity (Wildman–Crippen MR) is 104 cm³/mol. The Kier molecular flexibility index (Phi) is 5.53. The first kappa shape index (κ1) is 19.0. The van der Waals surface area contributed by atoms with Gasteiger partial charge >= 0.3 is 0 Å². The molecule has 0 bridgehead atoms. The monoisotopic (exact) mass is 385 g/mol. The Balaban J connectivity index is 2.20. The van der Waals surface area contributed by atoms with E-state index in [0.29, 0.717) is 12.1 Å². The maximum atomic E-state index is 14.4. The lowest BCUT2D eigenvalue weighted by atomic mass is 10.1. The third-order valence-electron chi connectivity index (χ3n) is 4.20. The molecule has 1 aromatic carbocycles. The molecule has 1 unspecified atom stereocenters. The van der Waals surface area contributed by atoms with Crippen LogP contribution in [0, 0.1) is 5.82 Å². The summed E-state index contributed by atoms with van der Waals surface area (Å²) in [6.45, 7) is 4.14. The van der Waals surface area contributed by atoms with Crippen LogP contribution in [0.25, 0.3) is 11.3 Å². The molecule has 3 aromatic rings. The number of benzene rings is 1. The second kappa shape index (κ2) is 7.85. The topological polar surface area (TPSA) is 64.0 Å². The summed E-state index contributed by atoms with van der Waals surface area (Å²) in [7, 11) is -2.17. The standard InChI is InChI=1S/C20H20FN3O2S/c1-3-20(16-7-6-10-23-13-16)27(25,26)24-14-15(12-22-2)11-19(24)17-8-4-5-9-18(17)21/h3-11,13-14,20,22H,1,12H2,2H3. The largest absolute Gasteiger partial charge is 0.316 e. The van der Waals surface area contributed by atoms with E-state index in [1.165, 1.54) is 24.5 Å². The van der Waals surface area contributed by atoms with E-state index in [1.54, 1.807) is 49.6 Å². The summed E-state index contributed by atoms with van der Waals surface area (Å²) < 4.78 is 42.3. The van der Waals surface area contributed by atoms with Crippen LogP contribution in [0.2, 0.25) is 0 Å². The zero-order valence-corrected chi connectivity index (χ0v) is 15.7. The number of pyridine rings is 1. The van der Waals surface area contributed by atoms with Crippen LogP contribution in [-0.2, 0) is 16.6 Å². The van der Waals surface area contributed by atoms with Crippen LogP contribution in [0.1, 0.15) is 16.4 Å².